The highest BCUT2D eigenvalue weighted by Gasteiger charge is 2.10. The molecule has 4 aromatic heterocycles. The number of aromatic nitrogens is 3. The highest BCUT2D eigenvalue weighted by molar-refractivity contribution is 7.16. The fraction of sp³-hybridized carbons (Fsp3) is 0.133. The molecule has 0 fully saturated rings. The zero-order valence-corrected chi connectivity index (χ0v) is 13.3. The van der Waals surface area contributed by atoms with Crippen LogP contribution < -0.4 is 5.56 Å². The average molecular weight is 329 g/mol. The molecule has 0 spiro atoms. The van der Waals surface area contributed by atoms with Crippen molar-refractivity contribution in [2.45, 2.75) is 13.5 Å². The molecule has 110 valence electrons. The van der Waals surface area contributed by atoms with Crippen molar-refractivity contribution in [2.24, 2.45) is 0 Å². The molecule has 0 aliphatic rings. The fourth-order valence-electron chi connectivity index (χ4n) is 2.22. The normalized spacial score (nSPS) is 11.3. The van der Waals surface area contributed by atoms with Gasteiger partial charge in [0.15, 0.2) is 10.8 Å². The third-order valence-electron chi connectivity index (χ3n) is 3.29. The van der Waals surface area contributed by atoms with Gasteiger partial charge in [-0.2, -0.15) is 0 Å². The van der Waals surface area contributed by atoms with Gasteiger partial charge in [-0.3, -0.25) is 9.36 Å². The van der Waals surface area contributed by atoms with Crippen LogP contribution in [-0.4, -0.2) is 14.5 Å². The molecule has 0 saturated carbocycles. The van der Waals surface area contributed by atoms with E-state index < -0.39 is 0 Å². The third kappa shape index (κ3) is 2.28. The van der Waals surface area contributed by atoms with Gasteiger partial charge in [0.05, 0.1) is 24.0 Å². The third-order valence-corrected chi connectivity index (χ3v) is 5.01. The van der Waals surface area contributed by atoms with E-state index in [0.29, 0.717) is 11.9 Å². The summed E-state index contributed by atoms with van der Waals surface area (Å²) in [5.74, 6) is 1.61. The molecule has 0 aliphatic carbocycles. The van der Waals surface area contributed by atoms with Gasteiger partial charge in [-0.25, -0.2) is 9.97 Å². The molecule has 0 aliphatic heterocycles. The lowest BCUT2D eigenvalue weighted by Gasteiger charge is -2.02. The molecular formula is C15H11N3O2S2. The molecule has 4 aromatic rings. The summed E-state index contributed by atoms with van der Waals surface area (Å²) < 4.78 is 7.16. The quantitative estimate of drug-likeness (QED) is 0.577. The molecular weight excluding hydrogens is 318 g/mol. The predicted molar refractivity (Wildman–Crippen MR) is 87.5 cm³/mol. The Labute approximate surface area is 133 Å². The van der Waals surface area contributed by atoms with E-state index in [1.807, 2.05) is 35.9 Å². The minimum Gasteiger partial charge on any atom is -0.459 e. The largest absolute Gasteiger partial charge is 0.459 e. The molecule has 0 aromatic carbocycles. The van der Waals surface area contributed by atoms with E-state index in [1.165, 1.54) is 22.7 Å². The number of rotatable bonds is 3. The molecule has 0 atom stereocenters. The van der Waals surface area contributed by atoms with Crippen molar-refractivity contribution in [1.29, 1.82) is 0 Å². The standard InChI is InChI=1S/C15H11N3O2S2/c1-9-2-3-12(20-9)14-17-10(7-22-14)6-18-8-16-13-11(15(18)19)4-5-21-13/h2-5,7-8H,6H2,1H3. The van der Waals surface area contributed by atoms with Gasteiger partial charge in [-0.1, -0.05) is 0 Å². The van der Waals surface area contributed by atoms with Crippen LogP contribution in [0.15, 0.2) is 44.5 Å². The smallest absolute Gasteiger partial charge is 0.262 e. The van der Waals surface area contributed by atoms with Crippen LogP contribution in [0, 0.1) is 6.92 Å². The van der Waals surface area contributed by atoms with Crippen LogP contribution in [0.3, 0.4) is 0 Å². The van der Waals surface area contributed by atoms with Gasteiger partial charge < -0.3 is 4.42 Å². The van der Waals surface area contributed by atoms with E-state index in [2.05, 4.69) is 9.97 Å². The van der Waals surface area contributed by atoms with Crippen LogP contribution in [-0.2, 0) is 6.54 Å². The average Bonchev–Trinajstić information content (AvgIpc) is 3.22. The van der Waals surface area contributed by atoms with Gasteiger partial charge in [0.1, 0.15) is 10.6 Å². The molecule has 0 unspecified atom stereocenters. The van der Waals surface area contributed by atoms with Crippen molar-refractivity contribution in [3.05, 3.63) is 57.1 Å². The second kappa shape index (κ2) is 5.19. The molecule has 4 heterocycles. The lowest BCUT2D eigenvalue weighted by atomic mass is 10.4. The summed E-state index contributed by atoms with van der Waals surface area (Å²) in [6.45, 7) is 2.31. The van der Waals surface area contributed by atoms with Crippen LogP contribution in [0.5, 0.6) is 0 Å². The second-order valence-corrected chi connectivity index (χ2v) is 6.62. The number of thiazole rings is 1. The van der Waals surface area contributed by atoms with E-state index in [9.17, 15) is 4.79 Å². The van der Waals surface area contributed by atoms with E-state index in [0.717, 1.165) is 27.1 Å². The number of furan rings is 1. The molecule has 0 bridgehead atoms. The Morgan fingerprint density at radius 3 is 3.00 bits per heavy atom. The Bertz CT molecular complexity index is 1010. The Morgan fingerprint density at radius 1 is 1.27 bits per heavy atom. The lowest BCUT2D eigenvalue weighted by molar-refractivity contribution is 0.547. The maximum Gasteiger partial charge on any atom is 0.262 e. The van der Waals surface area contributed by atoms with Gasteiger partial charge in [0, 0.05) is 5.38 Å². The minimum absolute atomic E-state index is 0.0327. The van der Waals surface area contributed by atoms with Crippen LogP contribution in [0.25, 0.3) is 21.0 Å². The Hall–Kier alpha value is -2.25. The molecule has 0 N–H and O–H groups in total. The number of fused-ring (bicyclic) bond motifs is 1. The summed E-state index contributed by atoms with van der Waals surface area (Å²) in [5.41, 5.74) is 0.794. The van der Waals surface area contributed by atoms with Gasteiger partial charge in [0.2, 0.25) is 0 Å². The Morgan fingerprint density at radius 2 is 2.18 bits per heavy atom. The molecule has 5 nitrogen and oxygen atoms in total. The van der Waals surface area contributed by atoms with Crippen LogP contribution >= 0.6 is 22.7 Å². The molecule has 0 radical (unpaired) electrons. The van der Waals surface area contributed by atoms with Crippen molar-refractivity contribution in [2.75, 3.05) is 0 Å². The van der Waals surface area contributed by atoms with Gasteiger partial charge in [-0.05, 0) is 30.5 Å². The molecule has 7 heteroatoms. The van der Waals surface area contributed by atoms with Crippen LogP contribution in [0.1, 0.15) is 11.5 Å². The number of hydrogen-bond donors (Lipinski definition) is 0. The highest BCUT2D eigenvalue weighted by Crippen LogP contribution is 2.25. The zero-order valence-electron chi connectivity index (χ0n) is 11.6. The zero-order chi connectivity index (χ0) is 15.1. The summed E-state index contributed by atoms with van der Waals surface area (Å²) in [7, 11) is 0. The number of nitrogens with zero attached hydrogens (tertiary/aromatic N) is 3. The first-order valence-electron chi connectivity index (χ1n) is 6.64. The van der Waals surface area contributed by atoms with Crippen molar-refractivity contribution in [3.63, 3.8) is 0 Å². The molecule has 0 saturated heterocycles. The van der Waals surface area contributed by atoms with Crippen LogP contribution in [0.2, 0.25) is 0 Å². The lowest BCUT2D eigenvalue weighted by Crippen LogP contribution is -2.20. The van der Waals surface area contributed by atoms with Crippen molar-refractivity contribution >= 4 is 32.9 Å². The summed E-state index contributed by atoms with van der Waals surface area (Å²) >= 11 is 2.98. The van der Waals surface area contributed by atoms with Crippen LogP contribution in [0.4, 0.5) is 0 Å². The summed E-state index contributed by atoms with van der Waals surface area (Å²) in [5, 5.41) is 5.30. The summed E-state index contributed by atoms with van der Waals surface area (Å²) in [6, 6.07) is 5.63. The van der Waals surface area contributed by atoms with Gasteiger partial charge in [-0.15, -0.1) is 22.7 Å². The van der Waals surface area contributed by atoms with E-state index in [-0.39, 0.29) is 5.56 Å². The Kier molecular flexibility index (Phi) is 3.16. The SMILES string of the molecule is Cc1ccc(-c2nc(Cn3cnc4sccc4c3=O)cs2)o1. The molecule has 4 rings (SSSR count). The summed E-state index contributed by atoms with van der Waals surface area (Å²) in [4.78, 5) is 22.0. The fourth-order valence-corrected chi connectivity index (χ4v) is 3.72. The summed E-state index contributed by atoms with van der Waals surface area (Å²) in [6.07, 6.45) is 1.58. The maximum absolute atomic E-state index is 12.4. The number of thiophene rings is 1. The first kappa shape index (κ1) is 13.4. The topological polar surface area (TPSA) is 60.9 Å². The van der Waals surface area contributed by atoms with Crippen molar-refractivity contribution in [3.8, 4) is 10.8 Å². The first-order chi connectivity index (χ1) is 10.7. The molecule has 0 amide bonds. The maximum atomic E-state index is 12.4. The highest BCUT2D eigenvalue weighted by atomic mass is 32.1. The second-order valence-electron chi connectivity index (χ2n) is 4.87. The van der Waals surface area contributed by atoms with E-state index in [4.69, 9.17) is 4.42 Å². The van der Waals surface area contributed by atoms with E-state index >= 15 is 0 Å². The molecule has 22 heavy (non-hydrogen) atoms. The van der Waals surface area contributed by atoms with Crippen molar-refractivity contribution in [1.82, 2.24) is 14.5 Å². The number of hydrogen-bond acceptors (Lipinski definition) is 6. The van der Waals surface area contributed by atoms with Gasteiger partial charge >= 0.3 is 0 Å². The van der Waals surface area contributed by atoms with Crippen molar-refractivity contribution < 1.29 is 4.42 Å². The van der Waals surface area contributed by atoms with Gasteiger partial charge in [0.25, 0.3) is 5.56 Å². The number of aryl methyl sites for hydroxylation is 1. The predicted octanol–water partition coefficient (Wildman–Crippen LogP) is 3.53. The minimum atomic E-state index is -0.0327. The van der Waals surface area contributed by atoms with E-state index in [1.54, 1.807) is 10.9 Å². The monoisotopic (exact) mass is 329 g/mol. The first-order valence-corrected chi connectivity index (χ1v) is 8.40. The Balaban J connectivity index is 1.67.